The van der Waals surface area contributed by atoms with Gasteiger partial charge in [-0.1, -0.05) is 137 Å². The van der Waals surface area contributed by atoms with Crippen molar-refractivity contribution >= 4 is 0 Å². The summed E-state index contributed by atoms with van der Waals surface area (Å²) in [6, 6.07) is 0. The molecule has 0 bridgehead atoms. The fraction of sp³-hybridized carbons (Fsp3) is 0.862. The summed E-state index contributed by atoms with van der Waals surface area (Å²) in [4.78, 5) is 0. The summed E-state index contributed by atoms with van der Waals surface area (Å²) in [5.74, 6) is 2.69. The van der Waals surface area contributed by atoms with Crippen molar-refractivity contribution in [2.75, 3.05) is 0 Å². The molecule has 172 valence electrons. The molecular weight excluding hydrogens is 348 g/mol. The van der Waals surface area contributed by atoms with E-state index in [1.165, 1.54) is 109 Å². The van der Waals surface area contributed by atoms with Gasteiger partial charge in [-0.2, -0.15) is 0 Å². The third kappa shape index (κ3) is 22.3. The Morgan fingerprint density at radius 2 is 0.931 bits per heavy atom. The molecule has 0 saturated carbocycles. The quantitative estimate of drug-likeness (QED) is 0.124. The van der Waals surface area contributed by atoms with Crippen molar-refractivity contribution in [3.63, 3.8) is 0 Å². The minimum atomic E-state index is 0.893. The number of unbranched alkanes of at least 4 members (excludes halogenated alkanes) is 10. The first-order valence-electron chi connectivity index (χ1n) is 13.3. The molecule has 0 aliphatic rings. The highest BCUT2D eigenvalue weighted by molar-refractivity contribution is 4.82. The van der Waals surface area contributed by atoms with Gasteiger partial charge in [0.1, 0.15) is 0 Å². The van der Waals surface area contributed by atoms with E-state index in [4.69, 9.17) is 0 Å². The molecule has 0 aliphatic carbocycles. The van der Waals surface area contributed by atoms with Gasteiger partial charge >= 0.3 is 0 Å². The normalized spacial score (nSPS) is 15.1. The van der Waals surface area contributed by atoms with Gasteiger partial charge in [0.15, 0.2) is 0 Å². The standard InChI is InChI=1S/C29H56/c1-6-8-10-12-13-15-19-22-27(3)23-20-16-14-17-21-25-29(5)26-28(4)24-18-11-9-7-2/h14,16,27-29H,1-2,6-13,15,17-26H2,3-5H3. The molecule has 3 atom stereocenters. The van der Waals surface area contributed by atoms with E-state index in [1.54, 1.807) is 0 Å². The molecule has 0 nitrogen and oxygen atoms in total. The van der Waals surface area contributed by atoms with Gasteiger partial charge in [0, 0.05) is 0 Å². The van der Waals surface area contributed by atoms with Gasteiger partial charge in [0.25, 0.3) is 0 Å². The highest BCUT2D eigenvalue weighted by atomic mass is 14.1. The average Bonchev–Trinajstić information content (AvgIpc) is 2.69. The van der Waals surface area contributed by atoms with Crippen LogP contribution in [0.3, 0.4) is 0 Å². The zero-order valence-corrected chi connectivity index (χ0v) is 20.7. The molecule has 0 heteroatoms. The SMILES string of the molecule is [CH2]CCCCCCCCC(C)CCC=CCCCC(C)CC(C)CCCCC[CH2]. The van der Waals surface area contributed by atoms with Crippen LogP contribution < -0.4 is 0 Å². The predicted octanol–water partition coefficient (Wildman–Crippen LogP) is 10.5. The van der Waals surface area contributed by atoms with Crippen molar-refractivity contribution < 1.29 is 0 Å². The molecule has 0 amide bonds. The van der Waals surface area contributed by atoms with E-state index in [0.717, 1.165) is 30.6 Å². The monoisotopic (exact) mass is 404 g/mol. The lowest BCUT2D eigenvalue weighted by Crippen LogP contribution is -2.03. The molecule has 2 radical (unpaired) electrons. The lowest BCUT2D eigenvalue weighted by molar-refractivity contribution is 0.362. The Bertz CT molecular complexity index is 329. The molecule has 0 spiro atoms. The van der Waals surface area contributed by atoms with E-state index in [2.05, 4.69) is 46.8 Å². The van der Waals surface area contributed by atoms with Crippen LogP contribution in [0.5, 0.6) is 0 Å². The van der Waals surface area contributed by atoms with Crippen molar-refractivity contribution in [1.29, 1.82) is 0 Å². The van der Waals surface area contributed by atoms with Crippen molar-refractivity contribution in [3.05, 3.63) is 26.0 Å². The number of hydrogen-bond acceptors (Lipinski definition) is 0. The topological polar surface area (TPSA) is 0 Å². The van der Waals surface area contributed by atoms with Crippen molar-refractivity contribution in [1.82, 2.24) is 0 Å². The van der Waals surface area contributed by atoms with E-state index < -0.39 is 0 Å². The highest BCUT2D eigenvalue weighted by Gasteiger charge is 2.08. The lowest BCUT2D eigenvalue weighted by Gasteiger charge is -2.17. The summed E-state index contributed by atoms with van der Waals surface area (Å²) in [7, 11) is 0. The van der Waals surface area contributed by atoms with Gasteiger partial charge in [-0.15, -0.1) is 0 Å². The summed E-state index contributed by atoms with van der Waals surface area (Å²) in [6.45, 7) is 15.2. The van der Waals surface area contributed by atoms with Gasteiger partial charge in [0.05, 0.1) is 0 Å². The van der Waals surface area contributed by atoms with Crippen LogP contribution in [-0.4, -0.2) is 0 Å². The van der Waals surface area contributed by atoms with E-state index in [0.29, 0.717) is 0 Å². The maximum absolute atomic E-state index is 3.94. The zero-order valence-electron chi connectivity index (χ0n) is 20.7. The van der Waals surface area contributed by atoms with Crippen LogP contribution >= 0.6 is 0 Å². The van der Waals surface area contributed by atoms with E-state index in [-0.39, 0.29) is 0 Å². The molecule has 0 aromatic carbocycles. The third-order valence-electron chi connectivity index (χ3n) is 6.51. The fourth-order valence-corrected chi connectivity index (χ4v) is 4.49. The molecule has 0 N–H and O–H groups in total. The Morgan fingerprint density at radius 1 is 0.483 bits per heavy atom. The zero-order chi connectivity index (χ0) is 21.6. The third-order valence-corrected chi connectivity index (χ3v) is 6.51. The van der Waals surface area contributed by atoms with Crippen LogP contribution in [0.2, 0.25) is 0 Å². The van der Waals surface area contributed by atoms with Crippen LogP contribution in [0, 0.1) is 31.6 Å². The average molecular weight is 405 g/mol. The molecule has 29 heavy (non-hydrogen) atoms. The van der Waals surface area contributed by atoms with Crippen molar-refractivity contribution in [2.45, 2.75) is 143 Å². The Kier molecular flexibility index (Phi) is 22.2. The number of hydrogen-bond donors (Lipinski definition) is 0. The molecule has 0 rings (SSSR count). The Morgan fingerprint density at radius 3 is 1.55 bits per heavy atom. The van der Waals surface area contributed by atoms with Gasteiger partial charge in [-0.3, -0.25) is 0 Å². The molecule has 0 heterocycles. The highest BCUT2D eigenvalue weighted by Crippen LogP contribution is 2.22. The summed E-state index contributed by atoms with van der Waals surface area (Å²) < 4.78 is 0. The summed E-state index contributed by atoms with van der Waals surface area (Å²) >= 11 is 0. The number of rotatable bonds is 22. The Balaban J connectivity index is 3.47. The van der Waals surface area contributed by atoms with Gasteiger partial charge < -0.3 is 0 Å². The van der Waals surface area contributed by atoms with E-state index in [1.807, 2.05) is 0 Å². The first-order valence-corrected chi connectivity index (χ1v) is 13.3. The van der Waals surface area contributed by atoms with Crippen molar-refractivity contribution in [2.24, 2.45) is 17.8 Å². The van der Waals surface area contributed by atoms with Gasteiger partial charge in [0.2, 0.25) is 0 Å². The van der Waals surface area contributed by atoms with Crippen molar-refractivity contribution in [3.8, 4) is 0 Å². The first kappa shape index (κ1) is 28.7. The Hall–Kier alpha value is -0.260. The molecule has 0 aromatic heterocycles. The Labute approximate surface area is 186 Å². The van der Waals surface area contributed by atoms with Gasteiger partial charge in [-0.25, -0.2) is 0 Å². The second kappa shape index (κ2) is 22.4. The van der Waals surface area contributed by atoms with Crippen LogP contribution in [-0.2, 0) is 0 Å². The van der Waals surface area contributed by atoms with Crippen LogP contribution in [0.1, 0.15) is 143 Å². The molecule has 0 aromatic rings. The predicted molar refractivity (Wildman–Crippen MR) is 135 cm³/mol. The number of allylic oxidation sites excluding steroid dienone is 2. The minimum absolute atomic E-state index is 0.893. The van der Waals surface area contributed by atoms with E-state index >= 15 is 0 Å². The van der Waals surface area contributed by atoms with Crippen LogP contribution in [0.15, 0.2) is 12.2 Å². The maximum atomic E-state index is 3.94. The summed E-state index contributed by atoms with van der Waals surface area (Å²) in [5.41, 5.74) is 0. The first-order chi connectivity index (χ1) is 14.1. The summed E-state index contributed by atoms with van der Waals surface area (Å²) in [5, 5.41) is 0. The summed E-state index contributed by atoms with van der Waals surface area (Å²) in [6.07, 6.45) is 30.6. The second-order valence-corrected chi connectivity index (χ2v) is 10.00. The molecule has 0 aliphatic heterocycles. The molecular formula is C29H56. The molecule has 0 fully saturated rings. The fourth-order valence-electron chi connectivity index (χ4n) is 4.49. The van der Waals surface area contributed by atoms with Gasteiger partial charge in [-0.05, 0) is 49.9 Å². The van der Waals surface area contributed by atoms with Crippen LogP contribution in [0.4, 0.5) is 0 Å². The second-order valence-electron chi connectivity index (χ2n) is 10.00. The minimum Gasteiger partial charge on any atom is -0.0885 e. The largest absolute Gasteiger partial charge is 0.0885 e. The lowest BCUT2D eigenvalue weighted by atomic mass is 9.89. The maximum Gasteiger partial charge on any atom is -0.0348 e. The molecule has 0 saturated heterocycles. The molecule has 3 unspecified atom stereocenters. The smallest absolute Gasteiger partial charge is 0.0348 e. The van der Waals surface area contributed by atoms with E-state index in [9.17, 15) is 0 Å². The van der Waals surface area contributed by atoms with Crippen LogP contribution in [0.25, 0.3) is 0 Å².